The molecule has 0 bridgehead atoms. The summed E-state index contributed by atoms with van der Waals surface area (Å²) >= 11 is 0. The van der Waals surface area contributed by atoms with E-state index in [1.54, 1.807) is 0 Å². The average molecular weight is 315 g/mol. The molecule has 0 atom stereocenters. The van der Waals surface area contributed by atoms with Crippen molar-refractivity contribution in [2.45, 2.75) is 26.3 Å². The predicted molar refractivity (Wildman–Crippen MR) is 88.1 cm³/mol. The summed E-state index contributed by atoms with van der Waals surface area (Å²) in [6.07, 6.45) is 1.73. The minimum atomic E-state index is -0.875. The molecule has 120 valence electrons. The summed E-state index contributed by atoms with van der Waals surface area (Å²) in [7, 11) is 0. The van der Waals surface area contributed by atoms with Crippen molar-refractivity contribution in [1.82, 2.24) is 9.55 Å². The first-order valence-electron chi connectivity index (χ1n) is 7.73. The molecule has 23 heavy (non-hydrogen) atoms. The van der Waals surface area contributed by atoms with Gasteiger partial charge in [-0.3, -0.25) is 0 Å². The number of aromatic nitrogens is 2. The molecular formula is C18H19F2N3. The van der Waals surface area contributed by atoms with Crippen molar-refractivity contribution in [3.8, 4) is 11.4 Å². The van der Waals surface area contributed by atoms with Gasteiger partial charge in [-0.1, -0.05) is 24.3 Å². The number of hydrogen-bond donors (Lipinski definition) is 1. The van der Waals surface area contributed by atoms with Crippen molar-refractivity contribution in [1.29, 1.82) is 0 Å². The molecule has 0 aliphatic rings. The Hall–Kier alpha value is -2.27. The lowest BCUT2D eigenvalue weighted by atomic mass is 10.1. The number of halogens is 2. The molecule has 0 saturated heterocycles. The van der Waals surface area contributed by atoms with Crippen molar-refractivity contribution in [2.75, 3.05) is 6.54 Å². The maximum atomic E-state index is 13.7. The Kier molecular flexibility index (Phi) is 4.39. The van der Waals surface area contributed by atoms with Gasteiger partial charge in [-0.15, -0.1) is 0 Å². The Morgan fingerprint density at radius 2 is 1.83 bits per heavy atom. The number of hydrogen-bond acceptors (Lipinski definition) is 2. The Labute approximate surface area is 133 Å². The third-order valence-electron chi connectivity index (χ3n) is 4.01. The smallest absolute Gasteiger partial charge is 0.161 e. The lowest BCUT2D eigenvalue weighted by Crippen LogP contribution is -2.05. The van der Waals surface area contributed by atoms with E-state index in [0.717, 1.165) is 35.9 Å². The zero-order valence-corrected chi connectivity index (χ0v) is 13.0. The highest BCUT2D eigenvalue weighted by molar-refractivity contribution is 5.81. The topological polar surface area (TPSA) is 43.8 Å². The second kappa shape index (κ2) is 6.46. The standard InChI is InChI=1S/C18H19F2N3/c1-12-6-2-3-7-13(12)18-22-16-10-14(19)15(20)11-17(16)23(18)9-5-4-8-21/h2-3,6-7,10-11H,4-5,8-9,21H2,1H3. The first-order valence-corrected chi connectivity index (χ1v) is 7.73. The highest BCUT2D eigenvalue weighted by Crippen LogP contribution is 2.28. The van der Waals surface area contributed by atoms with E-state index in [2.05, 4.69) is 4.98 Å². The molecule has 1 heterocycles. The summed E-state index contributed by atoms with van der Waals surface area (Å²) in [5.74, 6) is -0.991. The average Bonchev–Trinajstić information content (AvgIpc) is 2.86. The highest BCUT2D eigenvalue weighted by atomic mass is 19.2. The van der Waals surface area contributed by atoms with Crippen LogP contribution in [-0.4, -0.2) is 16.1 Å². The molecule has 1 aromatic heterocycles. The van der Waals surface area contributed by atoms with Gasteiger partial charge in [0.15, 0.2) is 11.6 Å². The van der Waals surface area contributed by atoms with Crippen LogP contribution in [0.3, 0.4) is 0 Å². The van der Waals surface area contributed by atoms with Crippen LogP contribution in [0.5, 0.6) is 0 Å². The molecule has 0 unspecified atom stereocenters. The van der Waals surface area contributed by atoms with E-state index in [9.17, 15) is 8.78 Å². The van der Waals surface area contributed by atoms with E-state index in [0.29, 0.717) is 24.1 Å². The maximum absolute atomic E-state index is 13.7. The van der Waals surface area contributed by atoms with Gasteiger partial charge in [0, 0.05) is 24.2 Å². The molecule has 2 aromatic carbocycles. The van der Waals surface area contributed by atoms with Crippen LogP contribution in [0, 0.1) is 18.6 Å². The molecule has 0 radical (unpaired) electrons. The third-order valence-corrected chi connectivity index (χ3v) is 4.01. The number of benzene rings is 2. The van der Waals surface area contributed by atoms with Gasteiger partial charge in [0.25, 0.3) is 0 Å². The summed E-state index contributed by atoms with van der Waals surface area (Å²) in [5, 5.41) is 0. The van der Waals surface area contributed by atoms with E-state index in [4.69, 9.17) is 5.73 Å². The normalized spacial score (nSPS) is 11.3. The molecule has 5 heteroatoms. The zero-order chi connectivity index (χ0) is 16.4. The van der Waals surface area contributed by atoms with Crippen molar-refractivity contribution < 1.29 is 8.78 Å². The minimum absolute atomic E-state index is 0.468. The Morgan fingerprint density at radius 3 is 2.57 bits per heavy atom. The van der Waals surface area contributed by atoms with Gasteiger partial charge in [0.1, 0.15) is 5.82 Å². The molecule has 0 aliphatic heterocycles. The van der Waals surface area contributed by atoms with Gasteiger partial charge in [-0.05, 0) is 31.9 Å². The quantitative estimate of drug-likeness (QED) is 0.722. The molecule has 3 aromatic rings. The Balaban J connectivity index is 2.19. The van der Waals surface area contributed by atoms with E-state index in [1.807, 2.05) is 35.8 Å². The molecule has 3 rings (SSSR count). The maximum Gasteiger partial charge on any atom is 0.161 e. The number of unbranched alkanes of at least 4 members (excludes halogenated alkanes) is 1. The molecule has 0 aliphatic carbocycles. The largest absolute Gasteiger partial charge is 0.330 e. The fourth-order valence-electron chi connectivity index (χ4n) is 2.79. The summed E-state index contributed by atoms with van der Waals surface area (Å²) in [5.41, 5.74) is 8.68. The first-order chi connectivity index (χ1) is 11.1. The van der Waals surface area contributed by atoms with Gasteiger partial charge in [0.05, 0.1) is 11.0 Å². The van der Waals surface area contributed by atoms with E-state index >= 15 is 0 Å². The highest BCUT2D eigenvalue weighted by Gasteiger charge is 2.16. The lowest BCUT2D eigenvalue weighted by molar-refractivity contribution is 0.510. The number of imidazole rings is 1. The summed E-state index contributed by atoms with van der Waals surface area (Å²) in [6, 6.07) is 10.3. The molecule has 0 amide bonds. The lowest BCUT2D eigenvalue weighted by Gasteiger charge is -2.11. The van der Waals surface area contributed by atoms with Crippen LogP contribution in [0.25, 0.3) is 22.4 Å². The minimum Gasteiger partial charge on any atom is -0.330 e. The summed E-state index contributed by atoms with van der Waals surface area (Å²) in [4.78, 5) is 4.55. The molecule has 0 saturated carbocycles. The number of nitrogens with zero attached hydrogens (tertiary/aromatic N) is 2. The first kappa shape index (κ1) is 15.6. The van der Waals surface area contributed by atoms with Crippen LogP contribution in [0.2, 0.25) is 0 Å². The molecule has 0 spiro atoms. The van der Waals surface area contributed by atoms with E-state index < -0.39 is 11.6 Å². The van der Waals surface area contributed by atoms with Crippen molar-refractivity contribution >= 4 is 11.0 Å². The summed E-state index contributed by atoms with van der Waals surface area (Å²) < 4.78 is 29.2. The SMILES string of the molecule is Cc1ccccc1-c1nc2cc(F)c(F)cc2n1CCCCN. The van der Waals surface area contributed by atoms with Gasteiger partial charge in [-0.2, -0.15) is 0 Å². The van der Waals surface area contributed by atoms with Gasteiger partial charge in [0.2, 0.25) is 0 Å². The van der Waals surface area contributed by atoms with Gasteiger partial charge < -0.3 is 10.3 Å². The second-order valence-corrected chi connectivity index (χ2v) is 5.65. The van der Waals surface area contributed by atoms with Gasteiger partial charge >= 0.3 is 0 Å². The number of fused-ring (bicyclic) bond motifs is 1. The Bertz CT molecular complexity index is 840. The van der Waals surface area contributed by atoms with Crippen LogP contribution in [0.4, 0.5) is 8.78 Å². The predicted octanol–water partition coefficient (Wildman–Crippen LogP) is 4.03. The number of nitrogens with two attached hydrogens (primary N) is 1. The second-order valence-electron chi connectivity index (χ2n) is 5.65. The van der Waals surface area contributed by atoms with Crippen LogP contribution in [0.15, 0.2) is 36.4 Å². The van der Waals surface area contributed by atoms with Crippen LogP contribution >= 0.6 is 0 Å². The van der Waals surface area contributed by atoms with Crippen LogP contribution < -0.4 is 5.73 Å². The van der Waals surface area contributed by atoms with Crippen LogP contribution in [0.1, 0.15) is 18.4 Å². The molecular weight excluding hydrogens is 296 g/mol. The number of aryl methyl sites for hydroxylation is 2. The summed E-state index contributed by atoms with van der Waals surface area (Å²) in [6.45, 7) is 3.28. The fourth-order valence-corrected chi connectivity index (χ4v) is 2.79. The monoisotopic (exact) mass is 315 g/mol. The Morgan fingerprint density at radius 1 is 1.09 bits per heavy atom. The van der Waals surface area contributed by atoms with Gasteiger partial charge in [-0.25, -0.2) is 13.8 Å². The number of rotatable bonds is 5. The zero-order valence-electron chi connectivity index (χ0n) is 13.0. The van der Waals surface area contributed by atoms with E-state index in [-0.39, 0.29) is 0 Å². The fraction of sp³-hybridized carbons (Fsp3) is 0.278. The van der Waals surface area contributed by atoms with Crippen molar-refractivity contribution in [3.05, 3.63) is 53.6 Å². The van der Waals surface area contributed by atoms with E-state index in [1.165, 1.54) is 6.07 Å². The van der Waals surface area contributed by atoms with Crippen molar-refractivity contribution in [3.63, 3.8) is 0 Å². The third kappa shape index (κ3) is 2.97. The molecule has 0 fully saturated rings. The van der Waals surface area contributed by atoms with Crippen molar-refractivity contribution in [2.24, 2.45) is 5.73 Å². The van der Waals surface area contributed by atoms with Crippen LogP contribution in [-0.2, 0) is 6.54 Å². The molecule has 2 N–H and O–H groups in total. The molecule has 3 nitrogen and oxygen atoms in total.